The number of carbonyl (C=O) groups excluding carboxylic acids is 1. The van der Waals surface area contributed by atoms with E-state index in [1.807, 2.05) is 18.0 Å². The van der Waals surface area contributed by atoms with Gasteiger partial charge in [0.1, 0.15) is 0 Å². The molecule has 2 aromatic carbocycles. The summed E-state index contributed by atoms with van der Waals surface area (Å²) in [5.74, 6) is -0.0453. The molecular weight excluding hydrogens is 326 g/mol. The molecule has 0 bridgehead atoms. The van der Waals surface area contributed by atoms with E-state index in [1.54, 1.807) is 25.2 Å². The zero-order chi connectivity index (χ0) is 18.3. The second-order valence-corrected chi connectivity index (χ2v) is 6.92. The summed E-state index contributed by atoms with van der Waals surface area (Å²) in [7, 11) is 3.53. The van der Waals surface area contributed by atoms with E-state index in [9.17, 15) is 9.59 Å². The van der Waals surface area contributed by atoms with Crippen LogP contribution in [0.2, 0.25) is 0 Å². The maximum absolute atomic E-state index is 13.1. The highest BCUT2D eigenvalue weighted by atomic mass is 16.2. The Labute approximate surface area is 151 Å². The van der Waals surface area contributed by atoms with Crippen LogP contribution in [0.4, 0.5) is 0 Å². The largest absolute Gasteiger partial charge is 0.335 e. The molecule has 26 heavy (non-hydrogen) atoms. The molecule has 0 aliphatic heterocycles. The van der Waals surface area contributed by atoms with E-state index >= 15 is 0 Å². The smallest absolute Gasteiger partial charge is 0.260 e. The van der Waals surface area contributed by atoms with E-state index in [0.717, 1.165) is 19.3 Å². The molecule has 0 saturated heterocycles. The summed E-state index contributed by atoms with van der Waals surface area (Å²) in [6, 6.07) is 13.6. The molecule has 0 saturated carbocycles. The Morgan fingerprint density at radius 1 is 1.23 bits per heavy atom. The number of nitrogens with zero attached hydrogens (tertiary/aromatic N) is 3. The molecule has 1 heterocycles. The summed E-state index contributed by atoms with van der Waals surface area (Å²) < 4.78 is 1.44. The van der Waals surface area contributed by atoms with Gasteiger partial charge in [-0.1, -0.05) is 24.3 Å². The third kappa shape index (κ3) is 2.69. The summed E-state index contributed by atoms with van der Waals surface area (Å²) in [4.78, 5) is 31.3. The highest BCUT2D eigenvalue weighted by Crippen LogP contribution is 2.34. The van der Waals surface area contributed by atoms with Crippen LogP contribution < -0.4 is 5.56 Å². The summed E-state index contributed by atoms with van der Waals surface area (Å²) in [6.07, 6.45) is 4.60. The van der Waals surface area contributed by atoms with Gasteiger partial charge >= 0.3 is 0 Å². The van der Waals surface area contributed by atoms with Crippen LogP contribution in [0.5, 0.6) is 0 Å². The van der Waals surface area contributed by atoms with E-state index in [4.69, 9.17) is 0 Å². The van der Waals surface area contributed by atoms with Crippen molar-refractivity contribution in [2.75, 3.05) is 7.05 Å². The number of fused-ring (bicyclic) bond motifs is 2. The first-order chi connectivity index (χ1) is 12.6. The van der Waals surface area contributed by atoms with Gasteiger partial charge in [0, 0.05) is 19.7 Å². The third-order valence-corrected chi connectivity index (χ3v) is 5.29. The molecule has 1 amide bonds. The van der Waals surface area contributed by atoms with Gasteiger partial charge in [-0.05, 0) is 48.6 Å². The van der Waals surface area contributed by atoms with Crippen molar-refractivity contribution in [2.24, 2.45) is 7.05 Å². The van der Waals surface area contributed by atoms with Crippen LogP contribution in [0, 0.1) is 0 Å². The van der Waals surface area contributed by atoms with Gasteiger partial charge in [0.15, 0.2) is 0 Å². The Kier molecular flexibility index (Phi) is 4.07. The van der Waals surface area contributed by atoms with E-state index in [0.29, 0.717) is 16.5 Å². The van der Waals surface area contributed by atoms with Crippen LogP contribution >= 0.6 is 0 Å². The minimum Gasteiger partial charge on any atom is -0.335 e. The van der Waals surface area contributed by atoms with Gasteiger partial charge < -0.3 is 9.47 Å². The fourth-order valence-electron chi connectivity index (χ4n) is 3.82. The molecule has 0 N–H and O–H groups in total. The molecule has 3 aromatic rings. The van der Waals surface area contributed by atoms with Crippen molar-refractivity contribution < 1.29 is 4.79 Å². The zero-order valence-corrected chi connectivity index (χ0v) is 15.0. The van der Waals surface area contributed by atoms with Gasteiger partial charge in [-0.3, -0.25) is 9.59 Å². The number of hydrogen-bond acceptors (Lipinski definition) is 3. The molecule has 1 aliphatic carbocycles. The van der Waals surface area contributed by atoms with Crippen molar-refractivity contribution in [1.82, 2.24) is 14.5 Å². The molecule has 1 unspecified atom stereocenters. The Balaban J connectivity index is 1.69. The van der Waals surface area contributed by atoms with Crippen molar-refractivity contribution >= 4 is 16.8 Å². The maximum atomic E-state index is 13.1. The Morgan fingerprint density at radius 3 is 2.88 bits per heavy atom. The third-order valence-electron chi connectivity index (χ3n) is 5.29. The second kappa shape index (κ2) is 6.41. The molecule has 1 aliphatic rings. The molecule has 4 rings (SSSR count). The number of rotatable bonds is 2. The van der Waals surface area contributed by atoms with Gasteiger partial charge in [-0.15, -0.1) is 0 Å². The number of amides is 1. The van der Waals surface area contributed by atoms with Gasteiger partial charge in [-0.25, -0.2) is 4.98 Å². The van der Waals surface area contributed by atoms with Crippen LogP contribution in [0.1, 0.15) is 40.4 Å². The lowest BCUT2D eigenvalue weighted by atomic mass is 9.87. The predicted octanol–water partition coefficient (Wildman–Crippen LogP) is 3.08. The molecule has 0 fully saturated rings. The van der Waals surface area contributed by atoms with Crippen LogP contribution in [0.15, 0.2) is 53.6 Å². The lowest BCUT2D eigenvalue weighted by molar-refractivity contribution is 0.0715. The molecule has 1 atom stereocenters. The topological polar surface area (TPSA) is 55.2 Å². The van der Waals surface area contributed by atoms with Crippen molar-refractivity contribution in [3.05, 3.63) is 75.8 Å². The minimum atomic E-state index is -0.108. The molecule has 5 heteroatoms. The van der Waals surface area contributed by atoms with E-state index < -0.39 is 0 Å². The van der Waals surface area contributed by atoms with Crippen molar-refractivity contribution in [1.29, 1.82) is 0 Å². The number of carbonyl (C=O) groups is 1. The Hall–Kier alpha value is -2.95. The van der Waals surface area contributed by atoms with Crippen molar-refractivity contribution in [2.45, 2.75) is 25.3 Å². The fourth-order valence-corrected chi connectivity index (χ4v) is 3.82. The normalized spacial score (nSPS) is 16.3. The summed E-state index contributed by atoms with van der Waals surface area (Å²) in [5, 5.41) is 0.525. The monoisotopic (exact) mass is 347 g/mol. The molecule has 0 spiro atoms. The summed E-state index contributed by atoms with van der Waals surface area (Å²) >= 11 is 0. The van der Waals surface area contributed by atoms with Crippen LogP contribution in [0.3, 0.4) is 0 Å². The highest BCUT2D eigenvalue weighted by molar-refractivity contribution is 5.97. The first-order valence-electron chi connectivity index (χ1n) is 8.86. The quantitative estimate of drug-likeness (QED) is 0.716. The Morgan fingerprint density at radius 2 is 2.04 bits per heavy atom. The first-order valence-corrected chi connectivity index (χ1v) is 8.86. The second-order valence-electron chi connectivity index (χ2n) is 6.92. The maximum Gasteiger partial charge on any atom is 0.260 e. The van der Waals surface area contributed by atoms with E-state index in [-0.39, 0.29) is 17.5 Å². The molecule has 5 nitrogen and oxygen atoms in total. The van der Waals surface area contributed by atoms with Gasteiger partial charge in [0.05, 0.1) is 23.3 Å². The summed E-state index contributed by atoms with van der Waals surface area (Å²) in [5.41, 5.74) is 3.57. The average molecular weight is 347 g/mol. The Bertz CT molecular complexity index is 1050. The van der Waals surface area contributed by atoms with E-state index in [1.165, 1.54) is 22.0 Å². The van der Waals surface area contributed by atoms with E-state index in [2.05, 4.69) is 23.2 Å². The standard InChI is InChI=1S/C21H21N3O2/c1-23-13-22-18-12-15(10-11-17(18)21(23)26)20(25)24(2)19-9-5-7-14-6-3-4-8-16(14)19/h3-4,6,8,10-13,19H,5,7,9H2,1-2H3. The molecule has 1 aromatic heterocycles. The van der Waals surface area contributed by atoms with Gasteiger partial charge in [0.25, 0.3) is 11.5 Å². The average Bonchev–Trinajstić information content (AvgIpc) is 2.69. The predicted molar refractivity (Wildman–Crippen MR) is 101 cm³/mol. The molecular formula is C21H21N3O2. The molecule has 132 valence electrons. The SMILES string of the molecule is CN(C(=O)c1ccc2c(=O)n(C)cnc2c1)C1CCCc2ccccc21. The summed E-state index contributed by atoms with van der Waals surface area (Å²) in [6.45, 7) is 0. The number of aromatic nitrogens is 2. The number of aryl methyl sites for hydroxylation is 2. The first kappa shape index (κ1) is 16.5. The van der Waals surface area contributed by atoms with Crippen LogP contribution in [-0.2, 0) is 13.5 Å². The zero-order valence-electron chi connectivity index (χ0n) is 15.0. The lowest BCUT2D eigenvalue weighted by Gasteiger charge is -2.33. The van der Waals surface area contributed by atoms with Crippen LogP contribution in [0.25, 0.3) is 10.9 Å². The fraction of sp³-hybridized carbons (Fsp3) is 0.286. The van der Waals surface area contributed by atoms with Gasteiger partial charge in [-0.2, -0.15) is 0 Å². The lowest BCUT2D eigenvalue weighted by Crippen LogP contribution is -2.33. The van der Waals surface area contributed by atoms with Crippen molar-refractivity contribution in [3.8, 4) is 0 Å². The minimum absolute atomic E-state index is 0.0453. The van der Waals surface area contributed by atoms with Gasteiger partial charge in [0.2, 0.25) is 0 Å². The number of benzene rings is 2. The molecule has 0 radical (unpaired) electrons. The van der Waals surface area contributed by atoms with Crippen molar-refractivity contribution in [3.63, 3.8) is 0 Å². The van der Waals surface area contributed by atoms with Crippen LogP contribution in [-0.4, -0.2) is 27.4 Å². The highest BCUT2D eigenvalue weighted by Gasteiger charge is 2.27. The number of hydrogen-bond donors (Lipinski definition) is 0.